The molecule has 0 aromatic heterocycles. The second kappa shape index (κ2) is 10.6. The fourth-order valence-corrected chi connectivity index (χ4v) is 1.62. The SMILES string of the molecule is C=CCOC(=O)c1cc(OCCCN)cc(OCCCN)c1. The van der Waals surface area contributed by atoms with Crippen LogP contribution in [0.1, 0.15) is 23.2 Å². The Labute approximate surface area is 131 Å². The number of rotatable bonds is 11. The zero-order valence-corrected chi connectivity index (χ0v) is 12.8. The third-order valence-corrected chi connectivity index (χ3v) is 2.68. The van der Waals surface area contributed by atoms with Gasteiger partial charge in [-0.1, -0.05) is 12.7 Å². The average Bonchev–Trinajstić information content (AvgIpc) is 2.53. The van der Waals surface area contributed by atoms with E-state index in [1.807, 2.05) is 0 Å². The Morgan fingerprint density at radius 1 is 1.05 bits per heavy atom. The summed E-state index contributed by atoms with van der Waals surface area (Å²) in [7, 11) is 0. The Morgan fingerprint density at radius 3 is 2.05 bits per heavy atom. The van der Waals surface area contributed by atoms with Crippen molar-refractivity contribution < 1.29 is 19.0 Å². The third kappa shape index (κ3) is 6.60. The molecule has 0 spiro atoms. The van der Waals surface area contributed by atoms with Crippen molar-refractivity contribution in [2.24, 2.45) is 11.5 Å². The lowest BCUT2D eigenvalue weighted by molar-refractivity contribution is 0.0548. The van der Waals surface area contributed by atoms with Crippen LogP contribution in [-0.4, -0.2) is 38.9 Å². The van der Waals surface area contributed by atoms with Gasteiger partial charge in [0.1, 0.15) is 18.1 Å². The zero-order valence-electron chi connectivity index (χ0n) is 12.8. The molecule has 0 aliphatic carbocycles. The van der Waals surface area contributed by atoms with Crippen LogP contribution in [0, 0.1) is 0 Å². The quantitative estimate of drug-likeness (QED) is 0.365. The second-order valence-corrected chi connectivity index (χ2v) is 4.56. The second-order valence-electron chi connectivity index (χ2n) is 4.56. The van der Waals surface area contributed by atoms with E-state index < -0.39 is 5.97 Å². The highest BCUT2D eigenvalue weighted by Gasteiger charge is 2.11. The van der Waals surface area contributed by atoms with Crippen molar-refractivity contribution in [3.8, 4) is 11.5 Å². The molecule has 6 nitrogen and oxygen atoms in total. The zero-order chi connectivity index (χ0) is 16.2. The maximum Gasteiger partial charge on any atom is 0.338 e. The number of carbonyl (C=O) groups excluding carboxylic acids is 1. The van der Waals surface area contributed by atoms with Crippen molar-refractivity contribution in [3.63, 3.8) is 0 Å². The molecule has 0 radical (unpaired) electrons. The van der Waals surface area contributed by atoms with Gasteiger partial charge < -0.3 is 25.7 Å². The lowest BCUT2D eigenvalue weighted by Crippen LogP contribution is -2.10. The molecule has 22 heavy (non-hydrogen) atoms. The summed E-state index contributed by atoms with van der Waals surface area (Å²) in [6.07, 6.45) is 2.97. The van der Waals surface area contributed by atoms with Crippen LogP contribution in [0.4, 0.5) is 0 Å². The van der Waals surface area contributed by atoms with Gasteiger partial charge in [-0.2, -0.15) is 0 Å². The summed E-state index contributed by atoms with van der Waals surface area (Å²) < 4.78 is 16.2. The topological polar surface area (TPSA) is 96.8 Å². The molecule has 0 unspecified atom stereocenters. The minimum Gasteiger partial charge on any atom is -0.493 e. The molecule has 1 aromatic carbocycles. The molecule has 6 heteroatoms. The van der Waals surface area contributed by atoms with Crippen molar-refractivity contribution in [2.45, 2.75) is 12.8 Å². The Balaban J connectivity index is 2.82. The minimum atomic E-state index is -0.451. The number of ether oxygens (including phenoxy) is 3. The van der Waals surface area contributed by atoms with Gasteiger partial charge in [0, 0.05) is 6.07 Å². The van der Waals surface area contributed by atoms with Crippen LogP contribution in [0.15, 0.2) is 30.9 Å². The van der Waals surface area contributed by atoms with E-state index in [4.69, 9.17) is 25.7 Å². The van der Waals surface area contributed by atoms with E-state index >= 15 is 0 Å². The molecule has 0 aliphatic heterocycles. The largest absolute Gasteiger partial charge is 0.493 e. The first-order valence-electron chi connectivity index (χ1n) is 7.30. The fraction of sp³-hybridized carbons (Fsp3) is 0.438. The predicted octanol–water partition coefficient (Wildman–Crippen LogP) is 1.48. The van der Waals surface area contributed by atoms with Gasteiger partial charge in [-0.3, -0.25) is 0 Å². The number of hydrogen-bond donors (Lipinski definition) is 2. The molecule has 0 aliphatic rings. The van der Waals surface area contributed by atoms with Gasteiger partial charge in [0.25, 0.3) is 0 Å². The van der Waals surface area contributed by atoms with Gasteiger partial charge >= 0.3 is 5.97 Å². The molecular formula is C16H24N2O4. The summed E-state index contributed by atoms with van der Waals surface area (Å²) in [6.45, 7) is 5.70. The Kier molecular flexibility index (Phi) is 8.71. The van der Waals surface area contributed by atoms with Crippen LogP contribution < -0.4 is 20.9 Å². The Morgan fingerprint density at radius 2 is 1.59 bits per heavy atom. The van der Waals surface area contributed by atoms with Gasteiger partial charge in [0.2, 0.25) is 0 Å². The van der Waals surface area contributed by atoms with Crippen molar-refractivity contribution in [1.82, 2.24) is 0 Å². The Hall–Kier alpha value is -2.05. The smallest absolute Gasteiger partial charge is 0.338 e. The molecule has 0 fully saturated rings. The van der Waals surface area contributed by atoms with E-state index in [-0.39, 0.29) is 6.61 Å². The molecule has 0 saturated heterocycles. The third-order valence-electron chi connectivity index (χ3n) is 2.68. The molecule has 122 valence electrons. The molecule has 0 amide bonds. The van der Waals surface area contributed by atoms with Gasteiger partial charge in [0.05, 0.1) is 18.8 Å². The van der Waals surface area contributed by atoms with Crippen LogP contribution in [0.5, 0.6) is 11.5 Å². The number of esters is 1. The molecule has 4 N–H and O–H groups in total. The first-order chi connectivity index (χ1) is 10.7. The standard InChI is InChI=1S/C16H24N2O4/c1-2-7-22-16(19)13-10-14(20-8-3-5-17)12-15(11-13)21-9-4-6-18/h2,10-12H,1,3-9,17-18H2. The van der Waals surface area contributed by atoms with Crippen molar-refractivity contribution in [1.29, 1.82) is 0 Å². The number of benzene rings is 1. The van der Waals surface area contributed by atoms with Crippen LogP contribution >= 0.6 is 0 Å². The summed E-state index contributed by atoms with van der Waals surface area (Å²) in [6, 6.07) is 4.98. The number of hydrogen-bond acceptors (Lipinski definition) is 6. The van der Waals surface area contributed by atoms with Crippen LogP contribution in [0.3, 0.4) is 0 Å². The maximum atomic E-state index is 11.9. The predicted molar refractivity (Wildman–Crippen MR) is 85.3 cm³/mol. The van der Waals surface area contributed by atoms with Crippen LogP contribution in [-0.2, 0) is 4.74 Å². The van der Waals surface area contributed by atoms with E-state index in [0.717, 1.165) is 12.8 Å². The van der Waals surface area contributed by atoms with Gasteiger partial charge in [-0.05, 0) is 38.1 Å². The van der Waals surface area contributed by atoms with E-state index in [0.29, 0.717) is 43.4 Å². The average molecular weight is 308 g/mol. The van der Waals surface area contributed by atoms with Crippen LogP contribution in [0.25, 0.3) is 0 Å². The highest BCUT2D eigenvalue weighted by molar-refractivity contribution is 5.90. The lowest BCUT2D eigenvalue weighted by Gasteiger charge is -2.12. The molecule has 0 heterocycles. The Bertz CT molecular complexity index is 449. The molecule has 1 rings (SSSR count). The molecule has 0 saturated carbocycles. The molecular weight excluding hydrogens is 284 g/mol. The van der Waals surface area contributed by atoms with E-state index in [1.54, 1.807) is 18.2 Å². The van der Waals surface area contributed by atoms with E-state index in [1.165, 1.54) is 6.08 Å². The highest BCUT2D eigenvalue weighted by Crippen LogP contribution is 2.24. The first-order valence-corrected chi connectivity index (χ1v) is 7.30. The lowest BCUT2D eigenvalue weighted by atomic mass is 10.2. The number of nitrogens with two attached hydrogens (primary N) is 2. The summed E-state index contributed by atoms with van der Waals surface area (Å²) in [5.74, 6) is 0.640. The summed E-state index contributed by atoms with van der Waals surface area (Å²) in [5.41, 5.74) is 11.2. The summed E-state index contributed by atoms with van der Waals surface area (Å²) in [5, 5.41) is 0. The summed E-state index contributed by atoms with van der Waals surface area (Å²) >= 11 is 0. The van der Waals surface area contributed by atoms with Gasteiger partial charge in [0.15, 0.2) is 0 Å². The molecule has 0 atom stereocenters. The van der Waals surface area contributed by atoms with Crippen molar-refractivity contribution in [2.75, 3.05) is 32.9 Å². The first kappa shape index (κ1) is 18.0. The van der Waals surface area contributed by atoms with E-state index in [2.05, 4.69) is 6.58 Å². The minimum absolute atomic E-state index is 0.153. The number of carbonyl (C=O) groups is 1. The highest BCUT2D eigenvalue weighted by atomic mass is 16.5. The summed E-state index contributed by atoms with van der Waals surface area (Å²) in [4.78, 5) is 11.9. The molecule has 0 bridgehead atoms. The fourth-order valence-electron chi connectivity index (χ4n) is 1.62. The molecule has 1 aromatic rings. The van der Waals surface area contributed by atoms with Crippen molar-refractivity contribution in [3.05, 3.63) is 36.4 Å². The monoisotopic (exact) mass is 308 g/mol. The van der Waals surface area contributed by atoms with Crippen molar-refractivity contribution >= 4 is 5.97 Å². The maximum absolute atomic E-state index is 11.9. The van der Waals surface area contributed by atoms with Gasteiger partial charge in [-0.15, -0.1) is 0 Å². The normalized spacial score (nSPS) is 10.1. The van der Waals surface area contributed by atoms with Gasteiger partial charge in [-0.25, -0.2) is 4.79 Å². The van der Waals surface area contributed by atoms with Crippen LogP contribution in [0.2, 0.25) is 0 Å². The van der Waals surface area contributed by atoms with E-state index in [9.17, 15) is 4.79 Å².